The van der Waals surface area contributed by atoms with Crippen molar-refractivity contribution >= 4 is 5.69 Å². The summed E-state index contributed by atoms with van der Waals surface area (Å²) in [5, 5.41) is 11.0. The maximum Gasteiger partial charge on any atom is 0.0653 e. The lowest BCUT2D eigenvalue weighted by atomic mass is 9.78. The number of hydrogen-bond donors (Lipinski definition) is 2. The summed E-state index contributed by atoms with van der Waals surface area (Å²) in [6, 6.07) is 7.28. The molecule has 1 aromatic carbocycles. The molecule has 0 saturated heterocycles. The van der Waals surface area contributed by atoms with Gasteiger partial charge in [-0.15, -0.1) is 0 Å². The molecule has 128 valence electrons. The van der Waals surface area contributed by atoms with Gasteiger partial charge in [-0.1, -0.05) is 19.9 Å². The predicted octanol–water partition coefficient (Wildman–Crippen LogP) is 4.02. The lowest BCUT2D eigenvalue weighted by Crippen LogP contribution is -2.41. The fraction of sp³-hybridized carbons (Fsp3) is 0.550. The van der Waals surface area contributed by atoms with Crippen LogP contribution in [0.5, 0.6) is 0 Å². The van der Waals surface area contributed by atoms with Crippen LogP contribution in [-0.2, 0) is 6.42 Å². The maximum atomic E-state index is 4.17. The summed E-state index contributed by atoms with van der Waals surface area (Å²) in [7, 11) is 0. The van der Waals surface area contributed by atoms with E-state index in [-0.39, 0.29) is 0 Å². The Labute approximate surface area is 144 Å². The molecule has 2 N–H and O–H groups in total. The van der Waals surface area contributed by atoms with Gasteiger partial charge in [-0.05, 0) is 62.0 Å². The minimum absolute atomic E-state index is 0.660. The molecular weight excluding hydrogens is 296 g/mol. The number of nitrogens with zero attached hydrogens (tertiary/aromatic N) is 2. The van der Waals surface area contributed by atoms with Gasteiger partial charge in [0.1, 0.15) is 0 Å². The molecule has 1 aromatic heterocycles. The van der Waals surface area contributed by atoms with Crippen molar-refractivity contribution in [2.24, 2.45) is 0 Å². The van der Waals surface area contributed by atoms with E-state index in [0.717, 1.165) is 18.7 Å². The van der Waals surface area contributed by atoms with Gasteiger partial charge in [0, 0.05) is 36.0 Å². The first-order chi connectivity index (χ1) is 11.8. The van der Waals surface area contributed by atoms with E-state index in [0.29, 0.717) is 12.0 Å². The van der Waals surface area contributed by atoms with Gasteiger partial charge < -0.3 is 10.2 Å². The Hall–Kier alpha value is -1.81. The first kappa shape index (κ1) is 15.7. The van der Waals surface area contributed by atoms with Crippen LogP contribution in [0.1, 0.15) is 50.2 Å². The van der Waals surface area contributed by atoms with E-state index in [9.17, 15) is 0 Å². The van der Waals surface area contributed by atoms with E-state index in [1.807, 2.05) is 6.20 Å². The van der Waals surface area contributed by atoms with Crippen LogP contribution in [0.15, 0.2) is 24.4 Å². The van der Waals surface area contributed by atoms with Crippen molar-refractivity contribution in [2.75, 3.05) is 25.0 Å². The highest BCUT2D eigenvalue weighted by molar-refractivity contribution is 5.74. The Morgan fingerprint density at radius 1 is 1.17 bits per heavy atom. The van der Waals surface area contributed by atoms with Crippen molar-refractivity contribution in [2.45, 2.75) is 51.5 Å². The lowest BCUT2D eigenvalue weighted by Gasteiger charge is -2.37. The van der Waals surface area contributed by atoms with Crippen LogP contribution in [0.2, 0.25) is 0 Å². The van der Waals surface area contributed by atoms with E-state index in [4.69, 9.17) is 0 Å². The maximum absolute atomic E-state index is 4.17. The molecule has 0 radical (unpaired) electrons. The Morgan fingerprint density at radius 3 is 2.71 bits per heavy atom. The fourth-order valence-corrected chi connectivity index (χ4v) is 4.68. The van der Waals surface area contributed by atoms with Gasteiger partial charge >= 0.3 is 0 Å². The second-order valence-electron chi connectivity index (χ2n) is 7.23. The number of benzene rings is 1. The SMILES string of the molecule is CCCN(CCC)[C@@H]1Cc2c(-c3ccn[nH]3)ccc3c2[C@H](CN3)C1. The molecule has 0 bridgehead atoms. The average molecular weight is 324 g/mol. The van der Waals surface area contributed by atoms with E-state index < -0.39 is 0 Å². The van der Waals surface area contributed by atoms with Crippen molar-refractivity contribution in [1.29, 1.82) is 0 Å². The van der Waals surface area contributed by atoms with Crippen molar-refractivity contribution in [3.8, 4) is 11.3 Å². The normalized spacial score (nSPS) is 21.8. The largest absolute Gasteiger partial charge is 0.384 e. The van der Waals surface area contributed by atoms with E-state index >= 15 is 0 Å². The molecule has 1 aliphatic carbocycles. The summed E-state index contributed by atoms with van der Waals surface area (Å²) in [5.41, 5.74) is 6.97. The second-order valence-corrected chi connectivity index (χ2v) is 7.23. The molecule has 0 amide bonds. The van der Waals surface area contributed by atoms with Gasteiger partial charge in [-0.25, -0.2) is 0 Å². The molecule has 0 fully saturated rings. The predicted molar refractivity (Wildman–Crippen MR) is 99.5 cm³/mol. The van der Waals surface area contributed by atoms with E-state index in [1.165, 1.54) is 43.6 Å². The van der Waals surface area contributed by atoms with Gasteiger partial charge in [0.05, 0.1) is 5.69 Å². The number of hydrogen-bond acceptors (Lipinski definition) is 3. The summed E-state index contributed by atoms with van der Waals surface area (Å²) in [4.78, 5) is 2.73. The van der Waals surface area contributed by atoms with Crippen molar-refractivity contribution in [1.82, 2.24) is 15.1 Å². The summed E-state index contributed by atoms with van der Waals surface area (Å²) < 4.78 is 0. The Balaban J connectivity index is 1.73. The van der Waals surface area contributed by atoms with Crippen LogP contribution in [0.25, 0.3) is 11.3 Å². The number of aromatic amines is 1. The molecule has 0 unspecified atom stereocenters. The molecule has 4 heteroatoms. The van der Waals surface area contributed by atoms with Crippen LogP contribution >= 0.6 is 0 Å². The van der Waals surface area contributed by atoms with Gasteiger partial charge in [0.25, 0.3) is 0 Å². The molecule has 1 aliphatic heterocycles. The molecule has 0 saturated carbocycles. The number of H-pyrrole nitrogens is 1. The highest BCUT2D eigenvalue weighted by atomic mass is 15.2. The number of anilines is 1. The molecule has 4 rings (SSSR count). The highest BCUT2D eigenvalue weighted by Gasteiger charge is 2.36. The molecule has 4 nitrogen and oxygen atoms in total. The van der Waals surface area contributed by atoms with Crippen molar-refractivity contribution in [3.05, 3.63) is 35.5 Å². The van der Waals surface area contributed by atoms with Gasteiger partial charge in [0.15, 0.2) is 0 Å². The molecule has 2 aliphatic rings. The quantitative estimate of drug-likeness (QED) is 0.843. The second kappa shape index (κ2) is 6.60. The highest BCUT2D eigenvalue weighted by Crippen LogP contribution is 2.45. The zero-order chi connectivity index (χ0) is 16.5. The molecule has 24 heavy (non-hydrogen) atoms. The monoisotopic (exact) mass is 324 g/mol. The number of rotatable bonds is 6. The summed E-state index contributed by atoms with van der Waals surface area (Å²) >= 11 is 0. The van der Waals surface area contributed by atoms with Crippen LogP contribution in [0.3, 0.4) is 0 Å². The van der Waals surface area contributed by atoms with Crippen molar-refractivity contribution in [3.63, 3.8) is 0 Å². The van der Waals surface area contributed by atoms with Crippen LogP contribution in [-0.4, -0.2) is 40.8 Å². The van der Waals surface area contributed by atoms with Crippen LogP contribution in [0, 0.1) is 0 Å². The van der Waals surface area contributed by atoms with Crippen molar-refractivity contribution < 1.29 is 0 Å². The van der Waals surface area contributed by atoms with Crippen LogP contribution in [0.4, 0.5) is 5.69 Å². The standard InChI is InChI=1S/C20H28N4/c1-3-9-24(10-4-2)15-11-14-13-21-19-6-5-16(17(12-15)20(14)19)18-7-8-22-23-18/h5-8,14-15,21H,3-4,9-13H2,1-2H3,(H,22,23)/t14-,15-/m0/s1. The number of aromatic nitrogens is 2. The molecule has 2 aromatic rings. The van der Waals surface area contributed by atoms with Gasteiger partial charge in [0.2, 0.25) is 0 Å². The fourth-order valence-electron chi connectivity index (χ4n) is 4.68. The first-order valence-corrected chi connectivity index (χ1v) is 9.45. The average Bonchev–Trinajstić information content (AvgIpc) is 3.26. The molecule has 2 atom stereocenters. The molecule has 2 heterocycles. The topological polar surface area (TPSA) is 44.0 Å². The smallest absolute Gasteiger partial charge is 0.0653 e. The molecule has 0 spiro atoms. The zero-order valence-corrected chi connectivity index (χ0v) is 14.8. The zero-order valence-electron chi connectivity index (χ0n) is 14.8. The number of nitrogens with one attached hydrogen (secondary N) is 2. The summed E-state index contributed by atoms with van der Waals surface area (Å²) in [6.07, 6.45) is 6.78. The summed E-state index contributed by atoms with van der Waals surface area (Å²) in [5.74, 6) is 0.660. The van der Waals surface area contributed by atoms with E-state index in [2.05, 4.69) is 52.5 Å². The summed E-state index contributed by atoms with van der Waals surface area (Å²) in [6.45, 7) is 8.12. The molecular formula is C20H28N4. The van der Waals surface area contributed by atoms with Crippen LogP contribution < -0.4 is 5.32 Å². The minimum Gasteiger partial charge on any atom is -0.384 e. The minimum atomic E-state index is 0.660. The third-order valence-corrected chi connectivity index (χ3v) is 5.63. The lowest BCUT2D eigenvalue weighted by molar-refractivity contribution is 0.173. The Bertz CT molecular complexity index is 686. The Kier molecular flexibility index (Phi) is 4.31. The van der Waals surface area contributed by atoms with Gasteiger partial charge in [-0.2, -0.15) is 5.10 Å². The van der Waals surface area contributed by atoms with Gasteiger partial charge in [-0.3, -0.25) is 5.10 Å². The third-order valence-electron chi connectivity index (χ3n) is 5.63. The van der Waals surface area contributed by atoms with E-state index in [1.54, 1.807) is 11.1 Å². The first-order valence-electron chi connectivity index (χ1n) is 9.45. The Morgan fingerprint density at radius 2 is 2.00 bits per heavy atom. The third kappa shape index (κ3) is 2.63.